The summed E-state index contributed by atoms with van der Waals surface area (Å²) in [5.74, 6) is 2.16. The second-order valence-corrected chi connectivity index (χ2v) is 6.92. The van der Waals surface area contributed by atoms with Gasteiger partial charge in [0.25, 0.3) is 0 Å². The van der Waals surface area contributed by atoms with Crippen LogP contribution in [0.4, 0.5) is 10.5 Å². The molecule has 0 spiro atoms. The molecule has 28 heavy (non-hydrogen) atoms. The maximum Gasteiger partial charge on any atom is 0.321 e. The van der Waals surface area contributed by atoms with Crippen LogP contribution in [0.15, 0.2) is 40.9 Å². The van der Waals surface area contributed by atoms with Crippen LogP contribution < -0.4 is 5.32 Å². The van der Waals surface area contributed by atoms with Crippen molar-refractivity contribution in [2.75, 3.05) is 18.4 Å². The van der Waals surface area contributed by atoms with E-state index in [4.69, 9.17) is 4.42 Å². The van der Waals surface area contributed by atoms with Crippen molar-refractivity contribution in [3.8, 4) is 11.5 Å². The monoisotopic (exact) mass is 378 g/mol. The summed E-state index contributed by atoms with van der Waals surface area (Å²) in [4.78, 5) is 23.1. The third-order valence-electron chi connectivity index (χ3n) is 4.91. The number of nitrogens with zero attached hydrogens (tertiary/aromatic N) is 5. The zero-order valence-electron chi connectivity index (χ0n) is 15.9. The molecule has 0 radical (unpaired) electrons. The smallest absolute Gasteiger partial charge is 0.321 e. The molecule has 3 heterocycles. The molecule has 8 nitrogen and oxygen atoms in total. The van der Waals surface area contributed by atoms with Gasteiger partial charge in [-0.2, -0.15) is 0 Å². The Morgan fingerprint density at radius 3 is 2.50 bits per heavy atom. The first-order valence-corrected chi connectivity index (χ1v) is 9.34. The van der Waals surface area contributed by atoms with Crippen LogP contribution in [0.5, 0.6) is 0 Å². The van der Waals surface area contributed by atoms with Crippen molar-refractivity contribution in [1.82, 2.24) is 25.1 Å². The molecule has 0 unspecified atom stereocenters. The highest BCUT2D eigenvalue weighted by atomic mass is 16.4. The second kappa shape index (κ2) is 7.75. The lowest BCUT2D eigenvalue weighted by Crippen LogP contribution is -2.40. The van der Waals surface area contributed by atoms with Crippen LogP contribution in [0.1, 0.15) is 36.2 Å². The Morgan fingerprint density at radius 2 is 1.86 bits per heavy atom. The molecule has 2 aromatic heterocycles. The minimum Gasteiger partial charge on any atom is -0.421 e. The van der Waals surface area contributed by atoms with Gasteiger partial charge >= 0.3 is 6.03 Å². The first-order valence-electron chi connectivity index (χ1n) is 9.34. The van der Waals surface area contributed by atoms with E-state index in [1.807, 2.05) is 42.2 Å². The van der Waals surface area contributed by atoms with E-state index in [1.54, 1.807) is 13.1 Å². The average Bonchev–Trinajstić information content (AvgIpc) is 3.15. The first kappa shape index (κ1) is 18.1. The van der Waals surface area contributed by atoms with E-state index < -0.39 is 0 Å². The van der Waals surface area contributed by atoms with Crippen LogP contribution in [0.25, 0.3) is 11.5 Å². The minimum atomic E-state index is -0.0845. The van der Waals surface area contributed by atoms with Gasteiger partial charge in [0.1, 0.15) is 5.82 Å². The predicted molar refractivity (Wildman–Crippen MR) is 104 cm³/mol. The summed E-state index contributed by atoms with van der Waals surface area (Å²) in [6.45, 7) is 5.06. The maximum absolute atomic E-state index is 12.6. The van der Waals surface area contributed by atoms with Crippen LogP contribution in [-0.4, -0.2) is 44.2 Å². The van der Waals surface area contributed by atoms with E-state index in [0.29, 0.717) is 30.8 Å². The quantitative estimate of drug-likeness (QED) is 0.748. The Bertz CT molecular complexity index is 961. The lowest BCUT2D eigenvalue weighted by Gasteiger charge is -2.31. The third-order valence-corrected chi connectivity index (χ3v) is 4.91. The van der Waals surface area contributed by atoms with Crippen LogP contribution in [0.2, 0.25) is 0 Å². The zero-order valence-corrected chi connectivity index (χ0v) is 15.9. The van der Waals surface area contributed by atoms with E-state index in [9.17, 15) is 4.79 Å². The standard InChI is InChI=1S/C20H22N6O2/c1-13-21-10-7-18(22-13)15-8-11-26(12-9-15)20(27)23-17-5-3-16(4-6-17)19-25-24-14(2)28-19/h3-7,10,15H,8-9,11-12H2,1-2H3,(H,23,27). The van der Waals surface area contributed by atoms with Gasteiger partial charge in [-0.3, -0.25) is 0 Å². The number of hydrogen-bond donors (Lipinski definition) is 1. The average molecular weight is 378 g/mol. The van der Waals surface area contributed by atoms with Crippen LogP contribution in [0.3, 0.4) is 0 Å². The number of hydrogen-bond acceptors (Lipinski definition) is 6. The molecule has 1 saturated heterocycles. The third kappa shape index (κ3) is 4.00. The van der Waals surface area contributed by atoms with E-state index in [2.05, 4.69) is 25.5 Å². The molecular weight excluding hydrogens is 356 g/mol. The van der Waals surface area contributed by atoms with Crippen molar-refractivity contribution in [3.05, 3.63) is 53.9 Å². The topological polar surface area (TPSA) is 97.0 Å². The van der Waals surface area contributed by atoms with Crippen LogP contribution in [-0.2, 0) is 0 Å². The van der Waals surface area contributed by atoms with Gasteiger partial charge in [-0.05, 0) is 50.1 Å². The second-order valence-electron chi connectivity index (χ2n) is 6.92. The number of anilines is 1. The molecule has 1 fully saturated rings. The molecule has 144 valence electrons. The van der Waals surface area contributed by atoms with Crippen molar-refractivity contribution in [2.24, 2.45) is 0 Å². The molecule has 8 heteroatoms. The van der Waals surface area contributed by atoms with E-state index in [-0.39, 0.29) is 6.03 Å². The molecule has 1 aromatic carbocycles. The molecule has 0 aliphatic carbocycles. The predicted octanol–water partition coefficient (Wildman–Crippen LogP) is 3.55. The van der Waals surface area contributed by atoms with Crippen molar-refractivity contribution >= 4 is 11.7 Å². The van der Waals surface area contributed by atoms with Gasteiger partial charge in [0.15, 0.2) is 0 Å². The highest BCUT2D eigenvalue weighted by Gasteiger charge is 2.24. The fourth-order valence-corrected chi connectivity index (χ4v) is 3.39. The lowest BCUT2D eigenvalue weighted by molar-refractivity contribution is 0.194. The molecular formula is C20H22N6O2. The Labute approximate surface area is 163 Å². The SMILES string of the molecule is Cc1nccc(C2CCN(C(=O)Nc3ccc(-c4nnc(C)o4)cc3)CC2)n1. The number of carbonyl (C=O) groups is 1. The van der Waals surface area contributed by atoms with Gasteiger partial charge in [0.05, 0.1) is 0 Å². The molecule has 0 bridgehead atoms. The summed E-state index contributed by atoms with van der Waals surface area (Å²) in [5.41, 5.74) is 2.62. The molecule has 1 aliphatic heterocycles. The van der Waals surface area contributed by atoms with Gasteiger partial charge in [-0.1, -0.05) is 0 Å². The summed E-state index contributed by atoms with van der Waals surface area (Å²) in [5, 5.41) is 10.8. The molecule has 4 rings (SSSR count). The van der Waals surface area contributed by atoms with Crippen molar-refractivity contribution in [1.29, 1.82) is 0 Å². The number of benzene rings is 1. The Kier molecular flexibility index (Phi) is 5.01. The van der Waals surface area contributed by atoms with E-state index in [1.165, 1.54) is 0 Å². The van der Waals surface area contributed by atoms with Crippen LogP contribution in [0, 0.1) is 13.8 Å². The number of carbonyl (C=O) groups excluding carboxylic acids is 1. The first-order chi connectivity index (χ1) is 13.6. The summed E-state index contributed by atoms with van der Waals surface area (Å²) >= 11 is 0. The number of rotatable bonds is 3. The number of urea groups is 1. The summed E-state index contributed by atoms with van der Waals surface area (Å²) < 4.78 is 5.41. The highest BCUT2D eigenvalue weighted by Crippen LogP contribution is 2.27. The van der Waals surface area contributed by atoms with Crippen molar-refractivity contribution in [3.63, 3.8) is 0 Å². The number of aromatic nitrogens is 4. The number of likely N-dealkylation sites (tertiary alicyclic amines) is 1. The Balaban J connectivity index is 1.33. The van der Waals surface area contributed by atoms with Gasteiger partial charge in [0, 0.05) is 49.1 Å². The number of nitrogens with one attached hydrogen (secondary N) is 1. The van der Waals surface area contributed by atoms with Crippen molar-refractivity contribution in [2.45, 2.75) is 32.6 Å². The molecule has 0 atom stereocenters. The van der Waals surface area contributed by atoms with Crippen LogP contribution >= 0.6 is 0 Å². The number of piperidine rings is 1. The van der Waals surface area contributed by atoms with Crippen molar-refractivity contribution < 1.29 is 9.21 Å². The molecule has 3 aromatic rings. The molecule has 2 amide bonds. The summed E-state index contributed by atoms with van der Waals surface area (Å²) in [6.07, 6.45) is 3.61. The Morgan fingerprint density at radius 1 is 1.11 bits per heavy atom. The van der Waals surface area contributed by atoms with E-state index >= 15 is 0 Å². The maximum atomic E-state index is 12.6. The number of amides is 2. The zero-order chi connectivity index (χ0) is 19.5. The fourth-order valence-electron chi connectivity index (χ4n) is 3.39. The van der Waals surface area contributed by atoms with Gasteiger partial charge in [-0.15, -0.1) is 10.2 Å². The number of aryl methyl sites for hydroxylation is 2. The van der Waals surface area contributed by atoms with Gasteiger partial charge in [-0.25, -0.2) is 14.8 Å². The summed E-state index contributed by atoms with van der Waals surface area (Å²) in [6, 6.07) is 9.27. The lowest BCUT2D eigenvalue weighted by atomic mass is 9.93. The summed E-state index contributed by atoms with van der Waals surface area (Å²) in [7, 11) is 0. The van der Waals surface area contributed by atoms with Gasteiger partial charge < -0.3 is 14.6 Å². The van der Waals surface area contributed by atoms with E-state index in [0.717, 1.165) is 35.6 Å². The van der Waals surface area contributed by atoms with Gasteiger partial charge in [0.2, 0.25) is 11.8 Å². The normalized spacial score (nSPS) is 14.9. The molecule has 0 saturated carbocycles. The highest BCUT2D eigenvalue weighted by molar-refractivity contribution is 5.89. The molecule has 1 aliphatic rings. The Hall–Kier alpha value is -3.29. The largest absolute Gasteiger partial charge is 0.421 e. The molecule has 1 N–H and O–H groups in total. The minimum absolute atomic E-state index is 0.0845. The fraction of sp³-hybridized carbons (Fsp3) is 0.350.